The third-order valence-corrected chi connectivity index (χ3v) is 4.55. The van der Waals surface area contributed by atoms with E-state index in [9.17, 15) is 4.79 Å². The summed E-state index contributed by atoms with van der Waals surface area (Å²) >= 11 is 0. The molecule has 2 bridgehead atoms. The van der Waals surface area contributed by atoms with Crippen LogP contribution in [-0.4, -0.2) is 12.6 Å². The molecule has 0 spiro atoms. The average Bonchev–Trinajstić information content (AvgIpc) is 2.99. The van der Waals surface area contributed by atoms with Crippen LogP contribution < -0.4 is 0 Å². The molecule has 2 rings (SSSR count). The highest BCUT2D eigenvalue weighted by Gasteiger charge is 2.34. The van der Waals surface area contributed by atoms with Crippen LogP contribution in [-0.2, 0) is 9.53 Å². The van der Waals surface area contributed by atoms with Gasteiger partial charge in [-0.2, -0.15) is 0 Å². The Morgan fingerprint density at radius 2 is 2.26 bits per heavy atom. The summed E-state index contributed by atoms with van der Waals surface area (Å²) in [5.41, 5.74) is 2.20. The molecule has 2 aliphatic carbocycles. The molecular weight excluding hydrogens is 236 g/mol. The lowest BCUT2D eigenvalue weighted by molar-refractivity contribution is -0.139. The number of fused-ring (bicyclic) bond motifs is 2. The van der Waals surface area contributed by atoms with Crippen LogP contribution in [0.5, 0.6) is 0 Å². The summed E-state index contributed by atoms with van der Waals surface area (Å²) in [5.74, 6) is 2.23. The van der Waals surface area contributed by atoms with Gasteiger partial charge in [0.25, 0.3) is 0 Å². The zero-order chi connectivity index (χ0) is 13.8. The van der Waals surface area contributed by atoms with Gasteiger partial charge in [0, 0.05) is 5.57 Å². The summed E-state index contributed by atoms with van der Waals surface area (Å²) in [6, 6.07) is 0. The van der Waals surface area contributed by atoms with E-state index in [0.717, 1.165) is 24.7 Å². The van der Waals surface area contributed by atoms with E-state index in [1.165, 1.54) is 25.7 Å². The number of hydrogen-bond acceptors (Lipinski definition) is 2. The lowest BCUT2D eigenvalue weighted by Gasteiger charge is -2.20. The Hall–Kier alpha value is -1.05. The normalized spacial score (nSPS) is 26.1. The van der Waals surface area contributed by atoms with E-state index < -0.39 is 0 Å². The minimum absolute atomic E-state index is 0.260. The smallest absolute Gasteiger partial charge is 0.333 e. The van der Waals surface area contributed by atoms with Crippen molar-refractivity contribution in [1.29, 1.82) is 0 Å². The third kappa shape index (κ3) is 3.71. The maximum absolute atomic E-state index is 11.2. The fourth-order valence-electron chi connectivity index (χ4n) is 3.45. The van der Waals surface area contributed by atoms with Crippen molar-refractivity contribution in [3.63, 3.8) is 0 Å². The standard InChI is InChI=1S/C17H26O2/c1-12(2)17(18)19-9-5-4-6-13(3)16-11-14-7-8-15(16)10-14/h11,13-15H,1,4-10H2,2-3H3. The fourth-order valence-corrected chi connectivity index (χ4v) is 3.45. The van der Waals surface area contributed by atoms with Gasteiger partial charge in [-0.1, -0.05) is 25.2 Å². The van der Waals surface area contributed by atoms with Crippen molar-refractivity contribution < 1.29 is 9.53 Å². The number of unbranched alkanes of at least 4 members (excludes halogenated alkanes) is 1. The van der Waals surface area contributed by atoms with Crippen LogP contribution in [0.1, 0.15) is 52.4 Å². The van der Waals surface area contributed by atoms with Gasteiger partial charge in [0.05, 0.1) is 6.61 Å². The maximum Gasteiger partial charge on any atom is 0.333 e. The molecule has 2 heteroatoms. The molecular formula is C17H26O2. The first-order valence-electron chi connectivity index (χ1n) is 7.62. The van der Waals surface area contributed by atoms with E-state index >= 15 is 0 Å². The molecule has 0 heterocycles. The molecule has 0 saturated heterocycles. The Kier molecular flexibility index (Phi) is 4.84. The fraction of sp³-hybridized carbons (Fsp3) is 0.706. The highest BCUT2D eigenvalue weighted by molar-refractivity contribution is 5.86. The molecule has 0 aromatic carbocycles. The Morgan fingerprint density at radius 1 is 1.47 bits per heavy atom. The minimum atomic E-state index is -0.260. The predicted octanol–water partition coefficient (Wildman–Crippen LogP) is 4.27. The van der Waals surface area contributed by atoms with E-state index in [2.05, 4.69) is 19.6 Å². The number of ether oxygens (including phenoxy) is 1. The second-order valence-corrected chi connectivity index (χ2v) is 6.25. The van der Waals surface area contributed by atoms with Gasteiger partial charge in [-0.15, -0.1) is 0 Å². The summed E-state index contributed by atoms with van der Waals surface area (Å²) in [5, 5.41) is 0. The quantitative estimate of drug-likeness (QED) is 0.296. The molecule has 0 aromatic heterocycles. The topological polar surface area (TPSA) is 26.3 Å². The van der Waals surface area contributed by atoms with Crippen molar-refractivity contribution in [3.8, 4) is 0 Å². The maximum atomic E-state index is 11.2. The molecule has 2 aliphatic rings. The summed E-state index contributed by atoms with van der Waals surface area (Å²) in [6.07, 6.45) is 10.1. The number of carbonyl (C=O) groups is 1. The molecule has 1 saturated carbocycles. The van der Waals surface area contributed by atoms with Crippen molar-refractivity contribution in [2.75, 3.05) is 6.61 Å². The SMILES string of the molecule is C=C(C)C(=O)OCCCCC(C)C1=CC2CCC1C2. The van der Waals surface area contributed by atoms with Gasteiger partial charge in [0.2, 0.25) is 0 Å². The largest absolute Gasteiger partial charge is 0.462 e. The molecule has 0 N–H and O–H groups in total. The zero-order valence-electron chi connectivity index (χ0n) is 12.3. The minimum Gasteiger partial charge on any atom is -0.462 e. The van der Waals surface area contributed by atoms with Crippen molar-refractivity contribution >= 4 is 5.97 Å². The second-order valence-electron chi connectivity index (χ2n) is 6.25. The molecule has 0 radical (unpaired) electrons. The van der Waals surface area contributed by atoms with Crippen LogP contribution in [0.3, 0.4) is 0 Å². The predicted molar refractivity (Wildman–Crippen MR) is 77.7 cm³/mol. The molecule has 106 valence electrons. The molecule has 0 aliphatic heterocycles. The van der Waals surface area contributed by atoms with Crippen LogP contribution in [0.15, 0.2) is 23.8 Å². The van der Waals surface area contributed by atoms with E-state index in [1.54, 1.807) is 12.5 Å². The first-order chi connectivity index (χ1) is 9.08. The first-order valence-corrected chi connectivity index (χ1v) is 7.62. The molecule has 0 aromatic rings. The van der Waals surface area contributed by atoms with Crippen molar-refractivity contribution in [2.45, 2.75) is 52.4 Å². The van der Waals surface area contributed by atoms with E-state index in [0.29, 0.717) is 18.1 Å². The van der Waals surface area contributed by atoms with Crippen LogP contribution in [0.25, 0.3) is 0 Å². The second kappa shape index (κ2) is 6.40. The van der Waals surface area contributed by atoms with Crippen molar-refractivity contribution in [1.82, 2.24) is 0 Å². The molecule has 2 nitrogen and oxygen atoms in total. The number of hydrogen-bond donors (Lipinski definition) is 0. The van der Waals surface area contributed by atoms with Crippen LogP contribution in [0, 0.1) is 17.8 Å². The summed E-state index contributed by atoms with van der Waals surface area (Å²) in [6.45, 7) is 8.15. The number of allylic oxidation sites excluding steroid dienone is 2. The van der Waals surface area contributed by atoms with Crippen molar-refractivity contribution in [2.24, 2.45) is 17.8 Å². The highest BCUT2D eigenvalue weighted by atomic mass is 16.5. The number of carbonyl (C=O) groups excluding carboxylic acids is 1. The summed E-state index contributed by atoms with van der Waals surface area (Å²) < 4.78 is 5.11. The van der Waals surface area contributed by atoms with Gasteiger partial charge in [-0.25, -0.2) is 4.79 Å². The first kappa shape index (κ1) is 14.4. The highest BCUT2D eigenvalue weighted by Crippen LogP contribution is 2.47. The Labute approximate surface area is 116 Å². The molecule has 1 fully saturated rings. The molecule has 0 amide bonds. The Bertz CT molecular complexity index is 381. The van der Waals surface area contributed by atoms with Gasteiger partial charge in [0.15, 0.2) is 0 Å². The van der Waals surface area contributed by atoms with Crippen LogP contribution >= 0.6 is 0 Å². The lowest BCUT2D eigenvalue weighted by Crippen LogP contribution is -2.09. The van der Waals surface area contributed by atoms with Gasteiger partial charge in [0.1, 0.15) is 0 Å². The molecule has 3 unspecified atom stereocenters. The van der Waals surface area contributed by atoms with Crippen LogP contribution in [0.4, 0.5) is 0 Å². The van der Waals surface area contributed by atoms with Gasteiger partial charge in [-0.3, -0.25) is 0 Å². The summed E-state index contributed by atoms with van der Waals surface area (Å²) in [4.78, 5) is 11.2. The molecule has 19 heavy (non-hydrogen) atoms. The van der Waals surface area contributed by atoms with E-state index in [4.69, 9.17) is 4.74 Å². The van der Waals surface area contributed by atoms with Gasteiger partial charge < -0.3 is 4.74 Å². The Morgan fingerprint density at radius 3 is 2.84 bits per heavy atom. The monoisotopic (exact) mass is 262 g/mol. The summed E-state index contributed by atoms with van der Waals surface area (Å²) in [7, 11) is 0. The van der Waals surface area contributed by atoms with Gasteiger partial charge >= 0.3 is 5.97 Å². The van der Waals surface area contributed by atoms with Gasteiger partial charge in [-0.05, 0) is 63.2 Å². The van der Waals surface area contributed by atoms with Crippen LogP contribution in [0.2, 0.25) is 0 Å². The van der Waals surface area contributed by atoms with E-state index in [-0.39, 0.29) is 5.97 Å². The number of esters is 1. The third-order valence-electron chi connectivity index (χ3n) is 4.55. The number of rotatable bonds is 7. The lowest BCUT2D eigenvalue weighted by atomic mass is 9.86. The van der Waals surface area contributed by atoms with Crippen molar-refractivity contribution in [3.05, 3.63) is 23.8 Å². The average molecular weight is 262 g/mol. The van der Waals surface area contributed by atoms with E-state index in [1.807, 2.05) is 0 Å². The Balaban J connectivity index is 1.60. The zero-order valence-corrected chi connectivity index (χ0v) is 12.3. The molecule has 3 atom stereocenters.